The normalized spacial score (nSPS) is 21.9. The van der Waals surface area contributed by atoms with E-state index in [9.17, 15) is 16.8 Å². The minimum Gasteiger partial charge on any atom is -0.454 e. The molecule has 242 valence electrons. The van der Waals surface area contributed by atoms with Crippen molar-refractivity contribution in [3.8, 4) is 11.5 Å². The first-order chi connectivity index (χ1) is 21.5. The molecule has 9 nitrogen and oxygen atoms in total. The number of hydrogen-bond acceptors (Lipinski definition) is 8. The van der Waals surface area contributed by atoms with Gasteiger partial charge in [0.1, 0.15) is 0 Å². The van der Waals surface area contributed by atoms with E-state index in [2.05, 4.69) is 47.9 Å². The van der Waals surface area contributed by atoms with Crippen LogP contribution in [0.3, 0.4) is 0 Å². The summed E-state index contributed by atoms with van der Waals surface area (Å²) in [6.07, 6.45) is 2.15. The lowest BCUT2D eigenvalue weighted by Crippen LogP contribution is -2.61. The Morgan fingerprint density at radius 2 is 1.51 bits per heavy atom. The van der Waals surface area contributed by atoms with Gasteiger partial charge in [-0.25, -0.2) is 21.1 Å². The molecule has 11 heteroatoms. The number of sulfone groups is 1. The number of piperazine rings is 1. The van der Waals surface area contributed by atoms with Crippen LogP contribution in [0.5, 0.6) is 11.5 Å². The van der Waals surface area contributed by atoms with E-state index >= 15 is 0 Å². The molecule has 3 aliphatic heterocycles. The molecule has 45 heavy (non-hydrogen) atoms. The highest BCUT2D eigenvalue weighted by atomic mass is 32.2. The predicted molar refractivity (Wildman–Crippen MR) is 174 cm³/mol. The molecule has 6 rings (SSSR count). The van der Waals surface area contributed by atoms with Crippen LogP contribution in [-0.4, -0.2) is 82.3 Å². The fraction of sp³-hybridized carbons (Fsp3) is 0.471. The number of sulfonamides is 1. The monoisotopic (exact) mass is 653 g/mol. The largest absolute Gasteiger partial charge is 0.454 e. The summed E-state index contributed by atoms with van der Waals surface area (Å²) in [7, 11) is -6.94. The molecule has 3 heterocycles. The maximum absolute atomic E-state index is 13.4. The van der Waals surface area contributed by atoms with Gasteiger partial charge in [-0.15, -0.1) is 0 Å². The molecular weight excluding hydrogens is 611 g/mol. The van der Waals surface area contributed by atoms with Crippen LogP contribution in [0.25, 0.3) is 0 Å². The number of ether oxygens (including phenoxy) is 2. The van der Waals surface area contributed by atoms with Crippen LogP contribution in [0.4, 0.5) is 0 Å². The van der Waals surface area contributed by atoms with Crippen LogP contribution in [0.15, 0.2) is 82.6 Å². The van der Waals surface area contributed by atoms with E-state index in [0.717, 1.165) is 38.0 Å². The van der Waals surface area contributed by atoms with Crippen molar-refractivity contribution in [1.82, 2.24) is 14.1 Å². The van der Waals surface area contributed by atoms with Crippen molar-refractivity contribution >= 4 is 19.9 Å². The van der Waals surface area contributed by atoms with Gasteiger partial charge < -0.3 is 9.47 Å². The van der Waals surface area contributed by atoms with Gasteiger partial charge >= 0.3 is 0 Å². The number of rotatable bonds is 9. The molecular formula is C34H43N3O6S2. The molecule has 0 bridgehead atoms. The summed E-state index contributed by atoms with van der Waals surface area (Å²) in [4.78, 5) is 5.49. The summed E-state index contributed by atoms with van der Waals surface area (Å²) in [5, 5.41) is 0. The Morgan fingerprint density at radius 1 is 0.844 bits per heavy atom. The second-order valence-electron chi connectivity index (χ2n) is 12.4. The van der Waals surface area contributed by atoms with Crippen molar-refractivity contribution in [2.75, 3.05) is 45.3 Å². The first kappa shape index (κ1) is 32.0. The van der Waals surface area contributed by atoms with Gasteiger partial charge in [0.25, 0.3) is 0 Å². The third-order valence-corrected chi connectivity index (χ3v) is 13.7. The predicted octanol–water partition coefficient (Wildman–Crippen LogP) is 5.05. The highest BCUT2D eigenvalue weighted by Gasteiger charge is 2.45. The Kier molecular flexibility index (Phi) is 9.02. The molecule has 0 aromatic heterocycles. The fourth-order valence-corrected chi connectivity index (χ4v) is 10.1. The Bertz CT molecular complexity index is 1710. The molecule has 2 saturated heterocycles. The highest BCUT2D eigenvalue weighted by Crippen LogP contribution is 2.42. The highest BCUT2D eigenvalue weighted by molar-refractivity contribution is 7.91. The molecule has 3 aromatic rings. The average Bonchev–Trinajstić information content (AvgIpc) is 3.53. The van der Waals surface area contributed by atoms with Crippen molar-refractivity contribution in [2.24, 2.45) is 0 Å². The molecule has 0 radical (unpaired) electrons. The number of hydrogen-bond donors (Lipinski definition) is 0. The first-order valence-electron chi connectivity index (χ1n) is 15.8. The average molecular weight is 654 g/mol. The Morgan fingerprint density at radius 3 is 2.18 bits per heavy atom. The zero-order valence-corrected chi connectivity index (χ0v) is 27.9. The minimum absolute atomic E-state index is 0.0906. The van der Waals surface area contributed by atoms with Crippen molar-refractivity contribution in [3.63, 3.8) is 0 Å². The van der Waals surface area contributed by atoms with E-state index in [1.807, 2.05) is 25.1 Å². The van der Waals surface area contributed by atoms with E-state index in [1.54, 1.807) is 28.6 Å². The molecule has 3 aliphatic rings. The van der Waals surface area contributed by atoms with Crippen LogP contribution in [0, 0.1) is 0 Å². The van der Waals surface area contributed by atoms with Gasteiger partial charge in [0, 0.05) is 56.4 Å². The lowest BCUT2D eigenvalue weighted by Gasteiger charge is -2.54. The fourth-order valence-electron chi connectivity index (χ4n) is 7.29. The minimum atomic E-state index is -3.71. The quantitative estimate of drug-likeness (QED) is 0.317. The number of benzene rings is 3. The maximum Gasteiger partial charge on any atom is 0.231 e. The van der Waals surface area contributed by atoms with Crippen LogP contribution in [-0.2, 0) is 25.4 Å². The Balaban J connectivity index is 1.16. The maximum atomic E-state index is 13.4. The van der Waals surface area contributed by atoms with Gasteiger partial charge in [0.15, 0.2) is 11.5 Å². The van der Waals surface area contributed by atoms with Crippen LogP contribution in [0.2, 0.25) is 0 Å². The zero-order chi connectivity index (χ0) is 31.8. The molecule has 0 aliphatic carbocycles. The van der Waals surface area contributed by atoms with Gasteiger partial charge in [-0.1, -0.05) is 49.4 Å². The number of nitrogens with zero attached hydrogens (tertiary/aromatic N) is 3. The van der Waals surface area contributed by atoms with Crippen LogP contribution < -0.4 is 9.47 Å². The smallest absolute Gasteiger partial charge is 0.231 e. The van der Waals surface area contributed by atoms with Gasteiger partial charge in [0.05, 0.1) is 15.5 Å². The number of piperidine rings is 1. The van der Waals surface area contributed by atoms with Gasteiger partial charge in [-0.05, 0) is 68.5 Å². The second kappa shape index (κ2) is 12.7. The van der Waals surface area contributed by atoms with Crippen molar-refractivity contribution in [3.05, 3.63) is 83.9 Å². The molecule has 0 saturated carbocycles. The topological polar surface area (TPSA) is 96.5 Å². The van der Waals surface area contributed by atoms with Crippen molar-refractivity contribution < 1.29 is 26.3 Å². The van der Waals surface area contributed by atoms with Gasteiger partial charge in [-0.3, -0.25) is 9.80 Å². The van der Waals surface area contributed by atoms with Crippen molar-refractivity contribution in [1.29, 1.82) is 0 Å². The second-order valence-corrected chi connectivity index (χ2v) is 16.4. The summed E-state index contributed by atoms with van der Waals surface area (Å²) in [6.45, 7) is 10.1. The molecule has 2 fully saturated rings. The summed E-state index contributed by atoms with van der Waals surface area (Å²) >= 11 is 0. The summed E-state index contributed by atoms with van der Waals surface area (Å²) in [5.74, 6) is 1.19. The first-order valence-corrected chi connectivity index (χ1v) is 18.9. The molecule has 0 N–H and O–H groups in total. The third kappa shape index (κ3) is 6.13. The molecule has 0 amide bonds. The van der Waals surface area contributed by atoms with E-state index in [0.29, 0.717) is 31.0 Å². The summed E-state index contributed by atoms with van der Waals surface area (Å²) in [5.41, 5.74) is 2.10. The standard InChI is InChI=1S/C34H43N3O6S2/c1-4-22-44(38,39)36-18-16-34(17-19-36,29-8-6-5-7-9-29)35-20-21-37(26(2)24-35)27(3)28-10-12-30(13-11-28)45(40,41)31-14-15-32-33(23-31)43-25-42-32/h5-15,23,26-27H,4,16-22,24-25H2,1-3H3/t26-,27+/m1/s1. The SMILES string of the molecule is CCCS(=O)(=O)N1CCC(c2ccccc2)(N2CCN([C@@H](C)c3ccc(S(=O)(=O)c4ccc5c(c4)OCO5)cc3)[C@H](C)C2)CC1. The third-order valence-electron chi connectivity index (χ3n) is 9.82. The summed E-state index contributed by atoms with van der Waals surface area (Å²) in [6, 6.07) is 22.8. The van der Waals surface area contributed by atoms with E-state index in [-0.39, 0.29) is 40.0 Å². The van der Waals surface area contributed by atoms with Crippen LogP contribution in [0.1, 0.15) is 57.2 Å². The van der Waals surface area contributed by atoms with E-state index in [4.69, 9.17) is 9.47 Å². The molecule has 0 unspecified atom stereocenters. The lowest BCUT2D eigenvalue weighted by atomic mass is 9.79. The van der Waals surface area contributed by atoms with E-state index in [1.165, 1.54) is 11.6 Å². The zero-order valence-electron chi connectivity index (χ0n) is 26.3. The molecule has 3 aromatic carbocycles. The molecule has 0 spiro atoms. The summed E-state index contributed by atoms with van der Waals surface area (Å²) < 4.78 is 64.8. The van der Waals surface area contributed by atoms with E-state index < -0.39 is 19.9 Å². The number of fused-ring (bicyclic) bond motifs is 1. The Labute approximate surface area is 267 Å². The van der Waals surface area contributed by atoms with Crippen molar-refractivity contribution in [2.45, 2.75) is 67.4 Å². The Hall–Kier alpha value is -2.96. The van der Waals surface area contributed by atoms with Crippen LogP contribution >= 0.6 is 0 Å². The van der Waals surface area contributed by atoms with Gasteiger partial charge in [-0.2, -0.15) is 0 Å². The lowest BCUT2D eigenvalue weighted by molar-refractivity contribution is -0.0343. The molecule has 2 atom stereocenters. The van der Waals surface area contributed by atoms with Gasteiger partial charge in [0.2, 0.25) is 26.7 Å².